The van der Waals surface area contributed by atoms with E-state index in [2.05, 4.69) is 4.90 Å². The van der Waals surface area contributed by atoms with Gasteiger partial charge in [-0.2, -0.15) is 0 Å². The lowest BCUT2D eigenvalue weighted by molar-refractivity contribution is -0.384. The number of ether oxygens (including phenoxy) is 2. The Morgan fingerprint density at radius 2 is 1.52 bits per heavy atom. The van der Waals surface area contributed by atoms with Gasteiger partial charge in [0.15, 0.2) is 17.3 Å². The van der Waals surface area contributed by atoms with E-state index in [1.54, 1.807) is 49.6 Å². The number of benzene rings is 3. The van der Waals surface area contributed by atoms with E-state index in [1.165, 1.54) is 13.2 Å². The second-order valence-electron chi connectivity index (χ2n) is 7.20. The summed E-state index contributed by atoms with van der Waals surface area (Å²) in [5.41, 5.74) is 3.10. The van der Waals surface area contributed by atoms with Gasteiger partial charge in [0, 0.05) is 36.3 Å². The summed E-state index contributed by atoms with van der Waals surface area (Å²) in [6, 6.07) is 19.2. The van der Waals surface area contributed by atoms with E-state index in [1.807, 2.05) is 25.2 Å². The molecule has 0 amide bonds. The molecule has 7 heteroatoms. The Morgan fingerprint density at radius 1 is 0.871 bits per heavy atom. The average molecular weight is 420 g/mol. The van der Waals surface area contributed by atoms with Crippen LogP contribution in [0, 0.1) is 10.1 Å². The van der Waals surface area contributed by atoms with Gasteiger partial charge in [0.2, 0.25) is 0 Å². The van der Waals surface area contributed by atoms with Gasteiger partial charge >= 0.3 is 0 Å². The zero-order chi connectivity index (χ0) is 22.4. The first-order chi connectivity index (χ1) is 14.9. The molecule has 3 aromatic carbocycles. The first kappa shape index (κ1) is 22.0. The maximum Gasteiger partial charge on any atom is 0.269 e. The summed E-state index contributed by atoms with van der Waals surface area (Å²) in [5.74, 6) is 0.978. The highest BCUT2D eigenvalue weighted by Crippen LogP contribution is 2.28. The van der Waals surface area contributed by atoms with Crippen molar-refractivity contribution < 1.29 is 19.2 Å². The summed E-state index contributed by atoms with van der Waals surface area (Å²) < 4.78 is 10.5. The molecule has 0 radical (unpaired) electrons. The molecule has 0 aliphatic rings. The molecule has 0 bridgehead atoms. The highest BCUT2D eigenvalue weighted by molar-refractivity contribution is 6.09. The van der Waals surface area contributed by atoms with E-state index in [-0.39, 0.29) is 11.5 Å². The van der Waals surface area contributed by atoms with Crippen LogP contribution in [0.3, 0.4) is 0 Å². The van der Waals surface area contributed by atoms with Gasteiger partial charge in [0.05, 0.1) is 19.1 Å². The second kappa shape index (κ2) is 9.86. The number of hydrogen-bond acceptors (Lipinski definition) is 6. The molecule has 0 saturated carbocycles. The zero-order valence-electron chi connectivity index (χ0n) is 17.7. The largest absolute Gasteiger partial charge is 0.493 e. The molecule has 160 valence electrons. The highest BCUT2D eigenvalue weighted by atomic mass is 16.6. The Bertz CT molecular complexity index is 1080. The molecule has 0 spiro atoms. The predicted octanol–water partition coefficient (Wildman–Crippen LogP) is 4.48. The SMILES string of the molecule is COc1ccc(C(=O)c2ccc(CN(C)Cc3cccc([N+](=O)[O-])c3)cc2)cc1OC. The number of carbonyl (C=O) groups is 1. The fraction of sp³-hybridized carbons (Fsp3) is 0.208. The van der Waals surface area contributed by atoms with E-state index in [0.717, 1.165) is 11.1 Å². The molecule has 0 unspecified atom stereocenters. The summed E-state index contributed by atoms with van der Waals surface area (Å²) >= 11 is 0. The van der Waals surface area contributed by atoms with Gasteiger partial charge < -0.3 is 9.47 Å². The summed E-state index contributed by atoms with van der Waals surface area (Å²) in [7, 11) is 5.03. The number of nitro benzene ring substituents is 1. The van der Waals surface area contributed by atoms with Gasteiger partial charge in [-0.15, -0.1) is 0 Å². The average Bonchev–Trinajstić information content (AvgIpc) is 2.78. The number of carbonyl (C=O) groups excluding carboxylic acids is 1. The number of rotatable bonds is 9. The summed E-state index contributed by atoms with van der Waals surface area (Å²) in [6.45, 7) is 1.22. The molecule has 31 heavy (non-hydrogen) atoms. The molecule has 0 saturated heterocycles. The predicted molar refractivity (Wildman–Crippen MR) is 118 cm³/mol. The Labute approximate surface area is 181 Å². The van der Waals surface area contributed by atoms with Crippen molar-refractivity contribution in [3.8, 4) is 11.5 Å². The number of ketones is 1. The third kappa shape index (κ3) is 5.46. The van der Waals surface area contributed by atoms with Crippen LogP contribution < -0.4 is 9.47 Å². The molecule has 7 nitrogen and oxygen atoms in total. The van der Waals surface area contributed by atoms with E-state index < -0.39 is 4.92 Å². The van der Waals surface area contributed by atoms with Crippen molar-refractivity contribution >= 4 is 11.5 Å². The van der Waals surface area contributed by atoms with Gasteiger partial charge in [0.1, 0.15) is 0 Å². The van der Waals surface area contributed by atoms with E-state index in [9.17, 15) is 14.9 Å². The van der Waals surface area contributed by atoms with Gasteiger partial charge in [-0.3, -0.25) is 19.8 Å². The maximum absolute atomic E-state index is 12.8. The lowest BCUT2D eigenvalue weighted by atomic mass is 10.0. The summed E-state index contributed by atoms with van der Waals surface area (Å²) in [5, 5.41) is 10.9. The van der Waals surface area contributed by atoms with E-state index >= 15 is 0 Å². The lowest BCUT2D eigenvalue weighted by Gasteiger charge is -2.17. The van der Waals surface area contributed by atoms with Crippen LogP contribution in [0.2, 0.25) is 0 Å². The number of methoxy groups -OCH3 is 2. The first-order valence-corrected chi connectivity index (χ1v) is 9.69. The van der Waals surface area contributed by atoms with Crippen molar-refractivity contribution in [2.75, 3.05) is 21.3 Å². The normalized spacial score (nSPS) is 10.7. The van der Waals surface area contributed by atoms with Crippen molar-refractivity contribution in [3.63, 3.8) is 0 Å². The minimum atomic E-state index is -0.391. The number of hydrogen-bond donors (Lipinski definition) is 0. The van der Waals surface area contributed by atoms with Crippen LogP contribution in [-0.4, -0.2) is 36.9 Å². The Hall–Kier alpha value is -3.71. The van der Waals surface area contributed by atoms with Crippen LogP contribution in [0.4, 0.5) is 5.69 Å². The van der Waals surface area contributed by atoms with Gasteiger partial charge in [-0.25, -0.2) is 0 Å². The minimum Gasteiger partial charge on any atom is -0.493 e. The van der Waals surface area contributed by atoms with Gasteiger partial charge in [-0.1, -0.05) is 36.4 Å². The summed E-state index contributed by atoms with van der Waals surface area (Å²) in [4.78, 5) is 25.4. The van der Waals surface area contributed by atoms with Crippen LogP contribution in [0.25, 0.3) is 0 Å². The van der Waals surface area contributed by atoms with Gasteiger partial charge in [-0.05, 0) is 36.4 Å². The van der Waals surface area contributed by atoms with Gasteiger partial charge in [0.25, 0.3) is 5.69 Å². The molecular formula is C24H24N2O5. The first-order valence-electron chi connectivity index (χ1n) is 9.69. The van der Waals surface area contributed by atoms with Crippen LogP contribution in [0.15, 0.2) is 66.7 Å². The number of non-ortho nitro benzene ring substituents is 1. The van der Waals surface area contributed by atoms with Crippen LogP contribution in [0.1, 0.15) is 27.0 Å². The molecule has 0 atom stereocenters. The molecule has 0 aliphatic carbocycles. The van der Waals surface area contributed by atoms with Crippen LogP contribution >= 0.6 is 0 Å². The molecule has 0 N–H and O–H groups in total. The number of nitro groups is 1. The summed E-state index contributed by atoms with van der Waals surface area (Å²) in [6.07, 6.45) is 0. The third-order valence-electron chi connectivity index (χ3n) is 4.89. The van der Waals surface area contributed by atoms with Crippen molar-refractivity contribution in [1.29, 1.82) is 0 Å². The fourth-order valence-electron chi connectivity index (χ4n) is 3.35. The quantitative estimate of drug-likeness (QED) is 0.288. The van der Waals surface area contributed by atoms with Crippen molar-refractivity contribution in [2.24, 2.45) is 0 Å². The highest BCUT2D eigenvalue weighted by Gasteiger charge is 2.13. The second-order valence-corrected chi connectivity index (χ2v) is 7.20. The van der Waals surface area contributed by atoms with Crippen LogP contribution in [-0.2, 0) is 13.1 Å². The molecular weight excluding hydrogens is 396 g/mol. The maximum atomic E-state index is 12.8. The van der Waals surface area contributed by atoms with Crippen LogP contribution in [0.5, 0.6) is 11.5 Å². The molecule has 0 aromatic heterocycles. The van der Waals surface area contributed by atoms with Crippen molar-refractivity contribution in [2.45, 2.75) is 13.1 Å². The Morgan fingerprint density at radius 3 is 2.16 bits per heavy atom. The van der Waals surface area contributed by atoms with E-state index in [0.29, 0.717) is 35.7 Å². The Kier molecular flexibility index (Phi) is 6.99. The molecule has 0 aliphatic heterocycles. The fourth-order valence-corrected chi connectivity index (χ4v) is 3.35. The molecule has 3 aromatic rings. The smallest absolute Gasteiger partial charge is 0.269 e. The van der Waals surface area contributed by atoms with E-state index in [4.69, 9.17) is 9.47 Å². The zero-order valence-corrected chi connectivity index (χ0v) is 17.7. The molecule has 0 fully saturated rings. The Balaban J connectivity index is 1.66. The van der Waals surface area contributed by atoms with Crippen molar-refractivity contribution in [1.82, 2.24) is 4.90 Å². The standard InChI is InChI=1S/C24H24N2O5/c1-25(16-18-5-4-6-21(13-18)26(28)29)15-17-7-9-19(10-8-17)24(27)20-11-12-22(30-2)23(14-20)31-3/h4-14H,15-16H2,1-3H3. The monoisotopic (exact) mass is 420 g/mol. The van der Waals surface area contributed by atoms with Crippen molar-refractivity contribution in [3.05, 3.63) is 99.1 Å². The lowest BCUT2D eigenvalue weighted by Crippen LogP contribution is -2.17. The minimum absolute atomic E-state index is 0.0870. The third-order valence-corrected chi connectivity index (χ3v) is 4.89. The molecule has 0 heterocycles. The topological polar surface area (TPSA) is 81.9 Å². The molecule has 3 rings (SSSR count). The number of nitrogens with zero attached hydrogens (tertiary/aromatic N) is 2.